The number of carboxylic acid groups (broad SMARTS) is 1. The van der Waals surface area contributed by atoms with Crippen LogP contribution in [0, 0.1) is 6.92 Å². The fourth-order valence-corrected chi connectivity index (χ4v) is 2.38. The minimum atomic E-state index is -3.28. The van der Waals surface area contributed by atoms with E-state index < -0.39 is 15.8 Å². The van der Waals surface area contributed by atoms with Crippen LogP contribution in [0.5, 0.6) is 0 Å². The Morgan fingerprint density at radius 3 is 2.50 bits per heavy atom. The summed E-state index contributed by atoms with van der Waals surface area (Å²) >= 11 is 0. The van der Waals surface area contributed by atoms with Crippen LogP contribution >= 0.6 is 0 Å². The summed E-state index contributed by atoms with van der Waals surface area (Å²) in [6, 6.07) is 5.99. The quantitative estimate of drug-likeness (QED) is 0.892. The lowest BCUT2D eigenvalue weighted by Gasteiger charge is -2.05. The van der Waals surface area contributed by atoms with E-state index in [0.29, 0.717) is 16.5 Å². The van der Waals surface area contributed by atoms with Crippen LogP contribution in [0.1, 0.15) is 16.2 Å². The van der Waals surface area contributed by atoms with Gasteiger partial charge in [0.2, 0.25) is 0 Å². The molecule has 0 aliphatic carbocycles. The van der Waals surface area contributed by atoms with Gasteiger partial charge < -0.3 is 5.11 Å². The first-order valence-electron chi connectivity index (χ1n) is 5.14. The molecule has 1 aromatic heterocycles. The highest BCUT2D eigenvalue weighted by molar-refractivity contribution is 7.90. The Hall–Kier alpha value is -1.95. The third kappa shape index (κ3) is 2.19. The number of nitrogens with zero attached hydrogens (tertiary/aromatic N) is 1. The molecule has 0 unspecified atom stereocenters. The number of aromatic carboxylic acids is 1. The third-order valence-electron chi connectivity index (χ3n) is 2.64. The fourth-order valence-electron chi connectivity index (χ4n) is 1.74. The zero-order valence-electron chi connectivity index (χ0n) is 9.84. The van der Waals surface area contributed by atoms with Gasteiger partial charge in [-0.3, -0.25) is 0 Å². The summed E-state index contributed by atoms with van der Waals surface area (Å²) in [7, 11) is -3.28. The molecule has 1 aromatic carbocycles. The minimum absolute atomic E-state index is 0.0490. The molecule has 0 radical (unpaired) electrons. The summed E-state index contributed by atoms with van der Waals surface area (Å²) in [5.74, 6) is -1.10. The fraction of sp³-hybridized carbons (Fsp3) is 0.167. The minimum Gasteiger partial charge on any atom is -0.477 e. The SMILES string of the molecule is Cc1nc(C(=O)O)cc2ccc(S(C)(=O)=O)cc12. The van der Waals surface area contributed by atoms with Crippen molar-refractivity contribution < 1.29 is 18.3 Å². The monoisotopic (exact) mass is 265 g/mol. The van der Waals surface area contributed by atoms with Gasteiger partial charge in [0.25, 0.3) is 0 Å². The number of hydrogen-bond acceptors (Lipinski definition) is 4. The molecule has 5 nitrogen and oxygen atoms in total. The molecule has 0 spiro atoms. The largest absolute Gasteiger partial charge is 0.477 e. The van der Waals surface area contributed by atoms with Gasteiger partial charge in [-0.05, 0) is 30.5 Å². The molecular weight excluding hydrogens is 254 g/mol. The zero-order chi connectivity index (χ0) is 13.5. The maximum absolute atomic E-state index is 11.4. The number of fused-ring (bicyclic) bond motifs is 1. The molecule has 0 atom stereocenters. The first kappa shape index (κ1) is 12.5. The number of sulfone groups is 1. The van der Waals surface area contributed by atoms with E-state index in [1.54, 1.807) is 13.0 Å². The van der Waals surface area contributed by atoms with Crippen LogP contribution < -0.4 is 0 Å². The normalized spacial score (nSPS) is 11.7. The van der Waals surface area contributed by atoms with Crippen LogP contribution in [-0.2, 0) is 9.84 Å². The van der Waals surface area contributed by atoms with E-state index >= 15 is 0 Å². The molecule has 18 heavy (non-hydrogen) atoms. The summed E-state index contributed by atoms with van der Waals surface area (Å²) in [6.07, 6.45) is 1.13. The summed E-state index contributed by atoms with van der Waals surface area (Å²) in [5, 5.41) is 10.2. The van der Waals surface area contributed by atoms with E-state index in [1.165, 1.54) is 18.2 Å². The highest BCUT2D eigenvalue weighted by atomic mass is 32.2. The lowest BCUT2D eigenvalue weighted by Crippen LogP contribution is -2.03. The third-order valence-corrected chi connectivity index (χ3v) is 3.75. The van der Waals surface area contributed by atoms with Gasteiger partial charge in [-0.15, -0.1) is 0 Å². The van der Waals surface area contributed by atoms with Gasteiger partial charge in [-0.2, -0.15) is 0 Å². The molecule has 1 N–H and O–H groups in total. The number of aryl methyl sites for hydroxylation is 1. The van der Waals surface area contributed by atoms with Crippen LogP contribution in [0.2, 0.25) is 0 Å². The van der Waals surface area contributed by atoms with Crippen molar-refractivity contribution in [3.05, 3.63) is 35.7 Å². The number of aromatic nitrogens is 1. The number of benzene rings is 1. The Labute approximate surface area is 104 Å². The van der Waals surface area contributed by atoms with Crippen LogP contribution in [-0.4, -0.2) is 30.7 Å². The van der Waals surface area contributed by atoms with Gasteiger partial charge in [0.05, 0.1) is 4.90 Å². The molecule has 0 saturated heterocycles. The van der Waals surface area contributed by atoms with Gasteiger partial charge in [0.15, 0.2) is 9.84 Å². The van der Waals surface area contributed by atoms with E-state index in [9.17, 15) is 13.2 Å². The average molecular weight is 265 g/mol. The highest BCUT2D eigenvalue weighted by Crippen LogP contribution is 2.22. The van der Waals surface area contributed by atoms with Gasteiger partial charge in [-0.25, -0.2) is 18.2 Å². The summed E-state index contributed by atoms with van der Waals surface area (Å²) in [6.45, 7) is 1.65. The van der Waals surface area contributed by atoms with Crippen LogP contribution in [0.15, 0.2) is 29.2 Å². The first-order chi connectivity index (χ1) is 8.29. The highest BCUT2D eigenvalue weighted by Gasteiger charge is 2.12. The van der Waals surface area contributed by atoms with E-state index in [4.69, 9.17) is 5.11 Å². The van der Waals surface area contributed by atoms with Crippen molar-refractivity contribution in [3.8, 4) is 0 Å². The van der Waals surface area contributed by atoms with Crippen molar-refractivity contribution in [2.45, 2.75) is 11.8 Å². The van der Waals surface area contributed by atoms with E-state index in [-0.39, 0.29) is 10.6 Å². The Bertz CT molecular complexity index is 750. The second-order valence-corrected chi connectivity index (χ2v) is 6.07. The summed E-state index contributed by atoms with van der Waals surface area (Å²) < 4.78 is 22.9. The molecule has 0 aliphatic heterocycles. The molecule has 2 rings (SSSR count). The predicted octanol–water partition coefficient (Wildman–Crippen LogP) is 1.64. The molecule has 2 aromatic rings. The molecular formula is C12H11NO4S. The van der Waals surface area contributed by atoms with Crippen molar-refractivity contribution in [3.63, 3.8) is 0 Å². The average Bonchev–Trinajstić information content (AvgIpc) is 2.27. The molecule has 0 aliphatic rings. The second kappa shape index (κ2) is 4.06. The summed E-state index contributed by atoms with van der Waals surface area (Å²) in [4.78, 5) is 15.0. The maximum Gasteiger partial charge on any atom is 0.354 e. The molecule has 94 valence electrons. The van der Waals surface area contributed by atoms with Crippen LogP contribution in [0.4, 0.5) is 0 Å². The maximum atomic E-state index is 11.4. The van der Waals surface area contributed by atoms with E-state index in [2.05, 4.69) is 4.98 Å². The van der Waals surface area contributed by atoms with Gasteiger partial charge in [0.1, 0.15) is 5.69 Å². The number of rotatable bonds is 2. The number of pyridine rings is 1. The molecule has 6 heteroatoms. The number of carboxylic acids is 1. The van der Waals surface area contributed by atoms with Gasteiger partial charge in [0, 0.05) is 17.3 Å². The van der Waals surface area contributed by atoms with Gasteiger partial charge >= 0.3 is 5.97 Å². The molecule has 1 heterocycles. The molecule has 0 fully saturated rings. The molecule has 0 amide bonds. The van der Waals surface area contributed by atoms with Crippen LogP contribution in [0.3, 0.4) is 0 Å². The van der Waals surface area contributed by atoms with Crippen molar-refractivity contribution in [1.82, 2.24) is 4.98 Å². The van der Waals surface area contributed by atoms with Crippen LogP contribution in [0.25, 0.3) is 10.8 Å². The van der Waals surface area contributed by atoms with E-state index in [0.717, 1.165) is 6.26 Å². The van der Waals surface area contributed by atoms with Crippen molar-refractivity contribution in [2.24, 2.45) is 0 Å². The summed E-state index contributed by atoms with van der Waals surface area (Å²) in [5.41, 5.74) is 0.447. The first-order valence-corrected chi connectivity index (χ1v) is 7.03. The number of carbonyl (C=O) groups is 1. The second-order valence-electron chi connectivity index (χ2n) is 4.05. The Morgan fingerprint density at radius 2 is 1.94 bits per heavy atom. The predicted molar refractivity (Wildman–Crippen MR) is 66.5 cm³/mol. The van der Waals surface area contributed by atoms with E-state index in [1.807, 2.05) is 0 Å². The molecule has 0 bridgehead atoms. The standard InChI is InChI=1S/C12H11NO4S/c1-7-10-6-9(18(2,16)17)4-3-8(10)5-11(13-7)12(14)15/h3-6H,1-2H3,(H,14,15). The lowest BCUT2D eigenvalue weighted by molar-refractivity contribution is 0.0690. The zero-order valence-corrected chi connectivity index (χ0v) is 10.7. The smallest absolute Gasteiger partial charge is 0.354 e. The topological polar surface area (TPSA) is 84.3 Å². The molecule has 0 saturated carbocycles. The van der Waals surface area contributed by atoms with Crippen molar-refractivity contribution >= 4 is 26.6 Å². The Morgan fingerprint density at radius 1 is 1.28 bits per heavy atom. The lowest BCUT2D eigenvalue weighted by atomic mass is 10.1. The van der Waals surface area contributed by atoms with Crippen molar-refractivity contribution in [1.29, 1.82) is 0 Å². The Kier molecular flexibility index (Phi) is 2.82. The Balaban J connectivity index is 2.77. The van der Waals surface area contributed by atoms with Crippen molar-refractivity contribution in [2.75, 3.05) is 6.26 Å². The van der Waals surface area contributed by atoms with Gasteiger partial charge in [-0.1, -0.05) is 6.07 Å². The number of hydrogen-bond donors (Lipinski definition) is 1.